The molecule has 1 atom stereocenters. The van der Waals surface area contributed by atoms with E-state index in [1.54, 1.807) is 11.8 Å². The van der Waals surface area contributed by atoms with E-state index in [0.717, 1.165) is 12.8 Å². The predicted molar refractivity (Wildman–Crippen MR) is 68.6 cm³/mol. The normalized spacial score (nSPS) is 23.7. The number of aromatic nitrogens is 2. The van der Waals surface area contributed by atoms with E-state index in [1.165, 1.54) is 0 Å². The van der Waals surface area contributed by atoms with Crippen LogP contribution in [0.4, 0.5) is 4.79 Å². The maximum Gasteiger partial charge on any atom is 0.411 e. The van der Waals surface area contributed by atoms with E-state index in [4.69, 9.17) is 9.26 Å². The molecule has 6 nitrogen and oxygen atoms in total. The van der Waals surface area contributed by atoms with Crippen molar-refractivity contribution in [2.45, 2.75) is 58.6 Å². The molecule has 0 aromatic carbocycles. The van der Waals surface area contributed by atoms with E-state index in [-0.39, 0.29) is 6.09 Å². The number of likely N-dealkylation sites (tertiary alicyclic amines) is 1. The molecular weight excluding hydrogens is 246 g/mol. The Morgan fingerprint density at radius 3 is 2.68 bits per heavy atom. The van der Waals surface area contributed by atoms with Crippen LogP contribution < -0.4 is 0 Å². The molecule has 1 aliphatic rings. The van der Waals surface area contributed by atoms with E-state index in [0.29, 0.717) is 18.3 Å². The van der Waals surface area contributed by atoms with Crippen LogP contribution in [0.2, 0.25) is 0 Å². The van der Waals surface area contributed by atoms with Gasteiger partial charge < -0.3 is 9.26 Å². The molecule has 0 bridgehead atoms. The second-order valence-corrected chi connectivity index (χ2v) is 6.16. The Labute approximate surface area is 113 Å². The minimum atomic E-state index is -0.566. The van der Waals surface area contributed by atoms with Crippen molar-refractivity contribution in [1.29, 1.82) is 0 Å². The van der Waals surface area contributed by atoms with Crippen LogP contribution in [0.25, 0.3) is 0 Å². The zero-order chi connectivity index (χ0) is 14.3. The number of hydrogen-bond donors (Lipinski definition) is 0. The van der Waals surface area contributed by atoms with Gasteiger partial charge in [-0.05, 0) is 47.5 Å². The zero-order valence-electron chi connectivity index (χ0n) is 12.2. The van der Waals surface area contributed by atoms with Crippen LogP contribution in [0.1, 0.15) is 52.3 Å². The Morgan fingerprint density at radius 2 is 2.16 bits per heavy atom. The van der Waals surface area contributed by atoms with Crippen LogP contribution in [0, 0.1) is 6.92 Å². The van der Waals surface area contributed by atoms with E-state index >= 15 is 0 Å². The molecule has 6 heteroatoms. The fourth-order valence-electron chi connectivity index (χ4n) is 2.31. The van der Waals surface area contributed by atoms with Gasteiger partial charge in [-0.25, -0.2) is 4.79 Å². The van der Waals surface area contributed by atoms with Crippen molar-refractivity contribution in [3.8, 4) is 0 Å². The molecule has 1 aromatic heterocycles. The third kappa shape index (κ3) is 2.72. The van der Waals surface area contributed by atoms with Crippen LogP contribution in [0.3, 0.4) is 0 Å². The van der Waals surface area contributed by atoms with Crippen LogP contribution in [-0.2, 0) is 10.3 Å². The summed E-state index contributed by atoms with van der Waals surface area (Å²) in [7, 11) is 0. The van der Waals surface area contributed by atoms with Crippen LogP contribution >= 0.6 is 0 Å². The summed E-state index contributed by atoms with van der Waals surface area (Å²) in [5.74, 6) is 1.06. The van der Waals surface area contributed by atoms with Crippen molar-refractivity contribution in [3.05, 3.63) is 11.7 Å². The fraction of sp³-hybridized carbons (Fsp3) is 0.769. The fourth-order valence-corrected chi connectivity index (χ4v) is 2.31. The summed E-state index contributed by atoms with van der Waals surface area (Å²) >= 11 is 0. The topological polar surface area (TPSA) is 68.5 Å². The Morgan fingerprint density at radius 1 is 1.47 bits per heavy atom. The molecule has 1 fully saturated rings. The molecule has 0 saturated carbocycles. The lowest BCUT2D eigenvalue weighted by Gasteiger charge is -2.33. The minimum Gasteiger partial charge on any atom is -0.444 e. The van der Waals surface area contributed by atoms with Gasteiger partial charge in [-0.1, -0.05) is 5.16 Å². The minimum absolute atomic E-state index is 0.330. The van der Waals surface area contributed by atoms with Gasteiger partial charge in [-0.3, -0.25) is 4.90 Å². The predicted octanol–water partition coefficient (Wildman–Crippen LogP) is 2.62. The van der Waals surface area contributed by atoms with Crippen molar-refractivity contribution in [2.24, 2.45) is 0 Å². The van der Waals surface area contributed by atoms with Gasteiger partial charge in [0.2, 0.25) is 0 Å². The summed E-state index contributed by atoms with van der Waals surface area (Å²) in [6.07, 6.45) is 1.37. The van der Waals surface area contributed by atoms with Gasteiger partial charge in [-0.2, -0.15) is 4.98 Å². The lowest BCUT2D eigenvalue weighted by Crippen LogP contribution is -2.45. The van der Waals surface area contributed by atoms with Gasteiger partial charge in [0, 0.05) is 6.54 Å². The summed E-state index contributed by atoms with van der Waals surface area (Å²) in [4.78, 5) is 18.2. The van der Waals surface area contributed by atoms with Gasteiger partial charge >= 0.3 is 6.09 Å². The number of aryl methyl sites for hydroxylation is 1. The Balaban J connectivity index is 2.23. The summed E-state index contributed by atoms with van der Waals surface area (Å²) in [5.41, 5.74) is -1.07. The first-order valence-electron chi connectivity index (χ1n) is 6.54. The highest BCUT2D eigenvalue weighted by molar-refractivity contribution is 5.69. The van der Waals surface area contributed by atoms with Crippen molar-refractivity contribution in [1.82, 2.24) is 15.0 Å². The number of carbonyl (C=O) groups is 1. The summed E-state index contributed by atoms with van der Waals surface area (Å²) < 4.78 is 10.7. The molecule has 0 radical (unpaired) electrons. The molecule has 1 aliphatic heterocycles. The summed E-state index contributed by atoms with van der Waals surface area (Å²) in [6, 6.07) is 0. The second kappa shape index (κ2) is 4.51. The summed E-state index contributed by atoms with van der Waals surface area (Å²) in [6.45, 7) is 9.92. The van der Waals surface area contributed by atoms with Crippen molar-refractivity contribution >= 4 is 6.09 Å². The third-order valence-corrected chi connectivity index (χ3v) is 3.24. The van der Waals surface area contributed by atoms with Crippen molar-refractivity contribution in [3.63, 3.8) is 0 Å². The highest BCUT2D eigenvalue weighted by Crippen LogP contribution is 2.38. The van der Waals surface area contributed by atoms with Crippen molar-refractivity contribution < 1.29 is 14.1 Å². The maximum atomic E-state index is 12.3. The number of nitrogens with zero attached hydrogens (tertiary/aromatic N) is 3. The Kier molecular flexibility index (Phi) is 3.28. The van der Waals surface area contributed by atoms with Crippen LogP contribution in [0.15, 0.2) is 4.52 Å². The number of hydrogen-bond acceptors (Lipinski definition) is 5. The van der Waals surface area contributed by atoms with E-state index in [1.807, 2.05) is 27.7 Å². The standard InChI is InChI=1S/C13H21N3O3/c1-9-14-10(19-15-9)13(5)7-6-8-16(13)11(17)18-12(2,3)4/h6-8H2,1-5H3/t13-/m0/s1. The molecule has 106 valence electrons. The van der Waals surface area contributed by atoms with E-state index in [9.17, 15) is 4.79 Å². The molecule has 1 saturated heterocycles. The molecule has 1 amide bonds. The molecule has 2 heterocycles. The molecule has 0 aliphatic carbocycles. The lowest BCUT2D eigenvalue weighted by atomic mass is 9.99. The SMILES string of the molecule is Cc1noc([C@]2(C)CCCN2C(=O)OC(C)(C)C)n1. The monoisotopic (exact) mass is 267 g/mol. The first-order chi connectivity index (χ1) is 8.72. The first kappa shape index (κ1) is 13.8. The quantitative estimate of drug-likeness (QED) is 0.782. The number of amides is 1. The molecule has 0 N–H and O–H groups in total. The van der Waals surface area contributed by atoms with Gasteiger partial charge in [-0.15, -0.1) is 0 Å². The largest absolute Gasteiger partial charge is 0.444 e. The molecule has 1 aromatic rings. The summed E-state index contributed by atoms with van der Waals surface area (Å²) in [5, 5.41) is 3.81. The zero-order valence-corrected chi connectivity index (χ0v) is 12.2. The highest BCUT2D eigenvalue weighted by atomic mass is 16.6. The van der Waals surface area contributed by atoms with Gasteiger partial charge in [0.15, 0.2) is 5.82 Å². The Hall–Kier alpha value is -1.59. The van der Waals surface area contributed by atoms with Crippen LogP contribution in [0.5, 0.6) is 0 Å². The van der Waals surface area contributed by atoms with E-state index in [2.05, 4.69) is 10.1 Å². The lowest BCUT2D eigenvalue weighted by molar-refractivity contribution is 0.00443. The smallest absolute Gasteiger partial charge is 0.411 e. The average Bonchev–Trinajstić information content (AvgIpc) is 2.83. The van der Waals surface area contributed by atoms with Gasteiger partial charge in [0.1, 0.15) is 11.1 Å². The molecule has 19 heavy (non-hydrogen) atoms. The third-order valence-electron chi connectivity index (χ3n) is 3.24. The number of rotatable bonds is 1. The van der Waals surface area contributed by atoms with Crippen molar-refractivity contribution in [2.75, 3.05) is 6.54 Å². The number of ether oxygens (including phenoxy) is 1. The molecule has 0 unspecified atom stereocenters. The number of carbonyl (C=O) groups excluding carboxylic acids is 1. The molecule has 0 spiro atoms. The second-order valence-electron chi connectivity index (χ2n) is 6.16. The van der Waals surface area contributed by atoms with Crippen LogP contribution in [-0.4, -0.2) is 33.3 Å². The maximum absolute atomic E-state index is 12.3. The average molecular weight is 267 g/mol. The Bertz CT molecular complexity index is 478. The molecule has 2 rings (SSSR count). The van der Waals surface area contributed by atoms with Gasteiger partial charge in [0.05, 0.1) is 0 Å². The highest BCUT2D eigenvalue weighted by Gasteiger charge is 2.46. The van der Waals surface area contributed by atoms with E-state index < -0.39 is 11.1 Å². The molecular formula is C13H21N3O3. The first-order valence-corrected chi connectivity index (χ1v) is 6.54. The van der Waals surface area contributed by atoms with Gasteiger partial charge in [0.25, 0.3) is 5.89 Å².